The predicted octanol–water partition coefficient (Wildman–Crippen LogP) is 5.42. The Morgan fingerprint density at radius 1 is 1.00 bits per heavy atom. The van der Waals surface area contributed by atoms with Crippen LogP contribution >= 0.6 is 8.53 Å². The summed E-state index contributed by atoms with van der Waals surface area (Å²) in [5.74, 6) is 0.934. The molecule has 0 N–H and O–H groups in total. The van der Waals surface area contributed by atoms with Gasteiger partial charge in [0.25, 0.3) is 8.53 Å². The van der Waals surface area contributed by atoms with Gasteiger partial charge in [-0.1, -0.05) is 18.6 Å². The van der Waals surface area contributed by atoms with E-state index in [0.29, 0.717) is 12.1 Å². The van der Waals surface area contributed by atoms with E-state index in [-0.39, 0.29) is 0 Å². The molecule has 0 aliphatic rings. The highest BCUT2D eigenvalue weighted by molar-refractivity contribution is 7.44. The Morgan fingerprint density at radius 3 is 2.29 bits per heavy atom. The maximum atomic E-state index is 6.01. The molecule has 0 saturated heterocycles. The summed E-state index contributed by atoms with van der Waals surface area (Å²) in [7, 11) is 2.50. The molecule has 0 bridgehead atoms. The van der Waals surface area contributed by atoms with Gasteiger partial charge >= 0.3 is 0 Å². The van der Waals surface area contributed by atoms with E-state index < -0.39 is 8.53 Å². The van der Waals surface area contributed by atoms with E-state index in [1.165, 1.54) is 12.0 Å². The van der Waals surface area contributed by atoms with Crippen molar-refractivity contribution in [1.82, 2.24) is 4.67 Å². The molecule has 0 aliphatic heterocycles. The van der Waals surface area contributed by atoms with Crippen molar-refractivity contribution < 1.29 is 13.8 Å². The summed E-state index contributed by atoms with van der Waals surface area (Å²) >= 11 is 0. The molecule has 1 rings (SSSR count). The molecule has 5 heteroatoms. The van der Waals surface area contributed by atoms with E-state index in [0.717, 1.165) is 31.6 Å². The highest BCUT2D eigenvalue weighted by Crippen LogP contribution is 2.45. The predicted molar refractivity (Wildman–Crippen MR) is 103 cm³/mol. The van der Waals surface area contributed by atoms with Crippen molar-refractivity contribution in [2.75, 3.05) is 20.8 Å². The zero-order valence-corrected chi connectivity index (χ0v) is 17.0. The number of aryl methyl sites for hydroxylation is 1. The molecule has 4 nitrogen and oxygen atoms in total. The third kappa shape index (κ3) is 7.48. The van der Waals surface area contributed by atoms with Crippen LogP contribution in [-0.2, 0) is 15.5 Å². The number of benzene rings is 1. The topological polar surface area (TPSA) is 30.9 Å². The molecule has 0 heterocycles. The number of unbranched alkanes of at least 4 members (excludes halogenated alkanes) is 2. The fourth-order valence-electron chi connectivity index (χ4n) is 2.77. The molecular formula is C19H34NO3P. The molecule has 1 aromatic carbocycles. The van der Waals surface area contributed by atoms with Gasteiger partial charge in [-0.05, 0) is 64.7 Å². The summed E-state index contributed by atoms with van der Waals surface area (Å²) < 4.78 is 19.2. The van der Waals surface area contributed by atoms with E-state index in [2.05, 4.69) is 50.6 Å². The van der Waals surface area contributed by atoms with Crippen LogP contribution in [0.25, 0.3) is 0 Å². The van der Waals surface area contributed by atoms with E-state index in [1.54, 1.807) is 14.2 Å². The summed E-state index contributed by atoms with van der Waals surface area (Å²) in [6, 6.07) is 9.15. The lowest BCUT2D eigenvalue weighted by molar-refractivity contribution is 0.192. The number of nitrogens with zero attached hydrogens (tertiary/aromatic N) is 1. The quantitative estimate of drug-likeness (QED) is 0.370. The zero-order chi connectivity index (χ0) is 17.9. The molecule has 1 aromatic rings. The average Bonchev–Trinajstić information content (AvgIpc) is 2.56. The standard InChI is InChI=1S/C19H34NO3P/c1-16(2)20(17(3)4)24(22-6)23-14-9-7-8-11-18-12-10-13-19(15-18)21-5/h10,12-13,15-17H,7-9,11,14H2,1-6H3. The summed E-state index contributed by atoms with van der Waals surface area (Å²) in [6.07, 6.45) is 4.48. The van der Waals surface area contributed by atoms with E-state index in [9.17, 15) is 0 Å². The van der Waals surface area contributed by atoms with Crippen LogP contribution in [0.15, 0.2) is 24.3 Å². The first-order chi connectivity index (χ1) is 11.5. The maximum absolute atomic E-state index is 6.01. The molecule has 24 heavy (non-hydrogen) atoms. The number of rotatable bonds is 12. The summed E-state index contributed by atoms with van der Waals surface area (Å²) in [5, 5.41) is 0. The minimum atomic E-state index is -0.955. The lowest BCUT2D eigenvalue weighted by atomic mass is 10.1. The van der Waals surface area contributed by atoms with Crippen molar-refractivity contribution in [3.05, 3.63) is 29.8 Å². The van der Waals surface area contributed by atoms with Gasteiger partial charge in [0.15, 0.2) is 0 Å². The Balaban J connectivity index is 2.26. The number of methoxy groups -OCH3 is 1. The van der Waals surface area contributed by atoms with E-state index >= 15 is 0 Å². The SMILES string of the molecule is COc1cccc(CCCCCOP(OC)N(C(C)C)C(C)C)c1. The summed E-state index contributed by atoms with van der Waals surface area (Å²) in [6.45, 7) is 9.50. The van der Waals surface area contributed by atoms with Crippen LogP contribution in [0.5, 0.6) is 5.75 Å². The Kier molecular flexibility index (Phi) is 10.5. The molecule has 0 fully saturated rings. The molecule has 0 amide bonds. The monoisotopic (exact) mass is 355 g/mol. The van der Waals surface area contributed by atoms with Crippen molar-refractivity contribution in [1.29, 1.82) is 0 Å². The van der Waals surface area contributed by atoms with Gasteiger partial charge in [-0.25, -0.2) is 4.67 Å². The van der Waals surface area contributed by atoms with Crippen molar-refractivity contribution in [3.8, 4) is 5.75 Å². The minimum Gasteiger partial charge on any atom is -0.497 e. The van der Waals surface area contributed by atoms with E-state index in [4.69, 9.17) is 13.8 Å². The van der Waals surface area contributed by atoms with Crippen LogP contribution in [-0.4, -0.2) is 37.6 Å². The van der Waals surface area contributed by atoms with Gasteiger partial charge in [-0.3, -0.25) is 0 Å². The second kappa shape index (κ2) is 11.8. The Morgan fingerprint density at radius 2 is 1.71 bits per heavy atom. The normalized spacial score (nSPS) is 13.0. The van der Waals surface area contributed by atoms with Gasteiger partial charge in [-0.2, -0.15) is 0 Å². The Hall–Kier alpha value is -0.670. The molecule has 0 spiro atoms. The first-order valence-corrected chi connectivity index (χ1v) is 10.0. The molecule has 0 radical (unpaired) electrons. The Bertz CT molecular complexity index is 446. The first-order valence-electron chi connectivity index (χ1n) is 8.88. The van der Waals surface area contributed by atoms with Crippen LogP contribution in [0.2, 0.25) is 0 Å². The molecule has 138 valence electrons. The van der Waals surface area contributed by atoms with Gasteiger partial charge in [-0.15, -0.1) is 0 Å². The fourth-order valence-corrected chi connectivity index (χ4v) is 4.23. The highest BCUT2D eigenvalue weighted by atomic mass is 31.2. The number of ether oxygens (including phenoxy) is 1. The van der Waals surface area contributed by atoms with Crippen LogP contribution in [0.3, 0.4) is 0 Å². The second-order valence-electron chi connectivity index (χ2n) is 6.48. The minimum absolute atomic E-state index is 0.420. The Labute approximate surface area is 149 Å². The van der Waals surface area contributed by atoms with Gasteiger partial charge in [0.1, 0.15) is 5.75 Å². The molecule has 0 aliphatic carbocycles. The largest absolute Gasteiger partial charge is 0.497 e. The van der Waals surface area contributed by atoms with Gasteiger partial charge in [0, 0.05) is 19.2 Å². The van der Waals surface area contributed by atoms with Gasteiger partial charge in [0.2, 0.25) is 0 Å². The van der Waals surface area contributed by atoms with Gasteiger partial charge in [0.05, 0.1) is 13.7 Å². The zero-order valence-electron chi connectivity index (χ0n) is 16.1. The summed E-state index contributed by atoms with van der Waals surface area (Å²) in [4.78, 5) is 0. The lowest BCUT2D eigenvalue weighted by Gasteiger charge is -2.34. The average molecular weight is 355 g/mol. The van der Waals surface area contributed by atoms with Crippen molar-refractivity contribution in [3.63, 3.8) is 0 Å². The molecular weight excluding hydrogens is 321 g/mol. The smallest absolute Gasteiger partial charge is 0.258 e. The van der Waals surface area contributed by atoms with Crippen LogP contribution in [0.1, 0.15) is 52.5 Å². The number of hydrogen-bond acceptors (Lipinski definition) is 4. The molecule has 1 atom stereocenters. The highest BCUT2D eigenvalue weighted by Gasteiger charge is 2.25. The fraction of sp³-hybridized carbons (Fsp3) is 0.684. The third-order valence-electron chi connectivity index (χ3n) is 3.85. The summed E-state index contributed by atoms with van der Waals surface area (Å²) in [5.41, 5.74) is 1.33. The second-order valence-corrected chi connectivity index (χ2v) is 8.04. The van der Waals surface area contributed by atoms with Crippen molar-refractivity contribution >= 4 is 8.53 Å². The van der Waals surface area contributed by atoms with E-state index in [1.807, 2.05) is 6.07 Å². The van der Waals surface area contributed by atoms with Gasteiger partial charge < -0.3 is 13.8 Å². The van der Waals surface area contributed by atoms with Crippen LogP contribution < -0.4 is 4.74 Å². The molecule has 1 unspecified atom stereocenters. The third-order valence-corrected chi connectivity index (χ3v) is 5.87. The van der Waals surface area contributed by atoms with Crippen LogP contribution in [0, 0.1) is 0 Å². The molecule has 0 saturated carbocycles. The first kappa shape index (κ1) is 21.4. The van der Waals surface area contributed by atoms with Crippen LogP contribution in [0.4, 0.5) is 0 Å². The van der Waals surface area contributed by atoms with Crippen molar-refractivity contribution in [2.45, 2.75) is 65.5 Å². The lowest BCUT2D eigenvalue weighted by Crippen LogP contribution is -2.33. The maximum Gasteiger partial charge on any atom is 0.258 e. The molecule has 0 aromatic heterocycles. The number of hydrogen-bond donors (Lipinski definition) is 0. The van der Waals surface area contributed by atoms with Crippen molar-refractivity contribution in [2.24, 2.45) is 0 Å².